The van der Waals surface area contributed by atoms with Gasteiger partial charge in [0.1, 0.15) is 22.9 Å². The summed E-state index contributed by atoms with van der Waals surface area (Å²) < 4.78 is 5.82. The standard InChI is InChI=1S/C40H52N16O8S/c1-52(2)17-7-13-41-31(57)10-14-44-38(62)27-18-24(19-53(27)3)46-39(63)34-49-28(20-54(34)4)47-33(59)12-16-43-37(61)26-8-9-30(56(26)6)51-40(64)35-50-29(21-55(35)5)48-32(58)11-15-42-36(60)25-22-65-23-45-25/h8-9,18-23H,7,10-17H2,1-6H3,(H,41,57)(H,42,60)(H,43,61)(H,44,62)(H,46,63)(H,47,59)(H,48,58)(H,51,64). The Kier molecular flexibility index (Phi) is 16.8. The zero-order chi connectivity index (χ0) is 47.2. The van der Waals surface area contributed by atoms with Crippen molar-refractivity contribution in [1.29, 1.82) is 0 Å². The first-order chi connectivity index (χ1) is 31.0. The smallest absolute Gasteiger partial charge is 0.292 e. The molecular formula is C40H52N16O8S. The van der Waals surface area contributed by atoms with E-state index >= 15 is 0 Å². The van der Waals surface area contributed by atoms with Gasteiger partial charge in [0.05, 0.1) is 11.2 Å². The summed E-state index contributed by atoms with van der Waals surface area (Å²) in [5.41, 5.74) is 2.57. The van der Waals surface area contributed by atoms with E-state index in [0.717, 1.165) is 13.0 Å². The van der Waals surface area contributed by atoms with Crippen molar-refractivity contribution >= 4 is 81.7 Å². The van der Waals surface area contributed by atoms with Gasteiger partial charge in [-0.25, -0.2) is 15.0 Å². The predicted octanol–water partition coefficient (Wildman–Crippen LogP) is 0.497. The molecule has 0 saturated heterocycles. The number of nitrogens with zero attached hydrogens (tertiary/aromatic N) is 8. The van der Waals surface area contributed by atoms with Crippen LogP contribution in [-0.4, -0.2) is 132 Å². The zero-order valence-corrected chi connectivity index (χ0v) is 37.6. The van der Waals surface area contributed by atoms with Crippen LogP contribution >= 0.6 is 11.3 Å². The van der Waals surface area contributed by atoms with Crippen molar-refractivity contribution in [2.75, 3.05) is 68.1 Å². The molecule has 5 aromatic rings. The van der Waals surface area contributed by atoms with Gasteiger partial charge in [0.15, 0.2) is 11.6 Å². The highest BCUT2D eigenvalue weighted by atomic mass is 32.1. The van der Waals surface area contributed by atoms with Gasteiger partial charge in [-0.2, -0.15) is 0 Å². The van der Waals surface area contributed by atoms with E-state index in [1.807, 2.05) is 19.0 Å². The molecule has 0 aromatic carbocycles. The molecule has 24 nitrogen and oxygen atoms in total. The average Bonchev–Trinajstić information content (AvgIpc) is 4.10. The van der Waals surface area contributed by atoms with E-state index in [1.54, 1.807) is 39.8 Å². The summed E-state index contributed by atoms with van der Waals surface area (Å²) in [4.78, 5) is 116. The molecule has 25 heteroatoms. The van der Waals surface area contributed by atoms with Crippen molar-refractivity contribution in [3.63, 3.8) is 0 Å². The fourth-order valence-electron chi connectivity index (χ4n) is 6.14. The number of carbonyl (C=O) groups excluding carboxylic acids is 8. The summed E-state index contributed by atoms with van der Waals surface area (Å²) in [6.07, 6.45) is 5.23. The number of anilines is 4. The molecule has 0 saturated carbocycles. The molecule has 0 aliphatic carbocycles. The Morgan fingerprint density at radius 3 is 1.72 bits per heavy atom. The molecule has 0 radical (unpaired) electrons. The summed E-state index contributed by atoms with van der Waals surface area (Å²) >= 11 is 1.28. The minimum Gasteiger partial charge on any atom is -0.356 e. The lowest BCUT2D eigenvalue weighted by Crippen LogP contribution is -2.32. The molecule has 0 bridgehead atoms. The second-order valence-electron chi connectivity index (χ2n) is 14.9. The van der Waals surface area contributed by atoms with Crippen LogP contribution in [-0.2, 0) is 42.6 Å². The van der Waals surface area contributed by atoms with Crippen LogP contribution in [0.15, 0.2) is 47.7 Å². The molecule has 0 fully saturated rings. The number of imidazole rings is 2. The third-order valence-electron chi connectivity index (χ3n) is 9.47. The SMILES string of the molecule is CN(C)CCCNC(=O)CCNC(=O)c1cc(NC(=O)c2nc(NC(=O)CCNC(=O)c3ccc(NC(=O)c4nc(NC(=O)CCNC(=O)c5cscn5)cn4C)n3C)cn2C)cn1C. The highest BCUT2D eigenvalue weighted by molar-refractivity contribution is 7.07. The Morgan fingerprint density at radius 2 is 1.15 bits per heavy atom. The summed E-state index contributed by atoms with van der Waals surface area (Å²) in [5.74, 6) is -3.17. The molecule has 0 unspecified atom stereocenters. The van der Waals surface area contributed by atoms with Gasteiger partial charge in [-0.1, -0.05) is 0 Å². The molecule has 8 amide bonds. The number of amides is 8. The van der Waals surface area contributed by atoms with Crippen molar-refractivity contribution in [3.05, 3.63) is 76.4 Å². The minimum absolute atomic E-state index is 0.0234. The maximum atomic E-state index is 13.1. The van der Waals surface area contributed by atoms with Gasteiger partial charge in [0.2, 0.25) is 29.4 Å². The van der Waals surface area contributed by atoms with Crippen molar-refractivity contribution in [1.82, 2.24) is 59.4 Å². The van der Waals surface area contributed by atoms with Gasteiger partial charge in [-0.15, -0.1) is 11.3 Å². The predicted molar refractivity (Wildman–Crippen MR) is 240 cm³/mol. The van der Waals surface area contributed by atoms with E-state index in [9.17, 15) is 38.4 Å². The van der Waals surface area contributed by atoms with Crippen LogP contribution < -0.4 is 42.5 Å². The van der Waals surface area contributed by atoms with E-state index in [1.165, 1.54) is 65.7 Å². The Bertz CT molecular complexity index is 2530. The molecule has 5 heterocycles. The molecule has 65 heavy (non-hydrogen) atoms. The Hall–Kier alpha value is -7.67. The van der Waals surface area contributed by atoms with Gasteiger partial charge in [0.25, 0.3) is 29.5 Å². The molecule has 0 atom stereocenters. The number of rotatable bonds is 22. The van der Waals surface area contributed by atoms with Gasteiger partial charge in [-0.05, 0) is 45.3 Å². The number of aromatic nitrogens is 7. The topological polar surface area (TPSA) is 294 Å². The summed E-state index contributed by atoms with van der Waals surface area (Å²) in [7, 11) is 10.3. The summed E-state index contributed by atoms with van der Waals surface area (Å²) in [6, 6.07) is 4.50. The van der Waals surface area contributed by atoms with Crippen molar-refractivity contribution in [3.8, 4) is 0 Å². The number of aryl methyl sites for hydroxylation is 3. The maximum absolute atomic E-state index is 13.1. The van der Waals surface area contributed by atoms with Crippen molar-refractivity contribution in [2.24, 2.45) is 28.2 Å². The highest BCUT2D eigenvalue weighted by Crippen LogP contribution is 2.17. The third-order valence-corrected chi connectivity index (χ3v) is 10.1. The van der Waals surface area contributed by atoms with Crippen LogP contribution in [0.5, 0.6) is 0 Å². The quantitative estimate of drug-likeness (QED) is 0.0441. The third kappa shape index (κ3) is 13.9. The van der Waals surface area contributed by atoms with Crippen molar-refractivity contribution < 1.29 is 38.4 Å². The normalized spacial score (nSPS) is 10.9. The second-order valence-corrected chi connectivity index (χ2v) is 15.6. The van der Waals surface area contributed by atoms with E-state index < -0.39 is 41.4 Å². The number of hydrogen-bond acceptors (Lipinski definition) is 13. The van der Waals surface area contributed by atoms with Crippen LogP contribution in [0, 0.1) is 0 Å². The monoisotopic (exact) mass is 916 g/mol. The van der Waals surface area contributed by atoms with Crippen molar-refractivity contribution in [2.45, 2.75) is 25.7 Å². The second kappa shape index (κ2) is 22.6. The molecule has 8 N–H and O–H groups in total. The molecule has 5 aromatic heterocycles. The first kappa shape index (κ1) is 48.4. The lowest BCUT2D eigenvalue weighted by atomic mass is 10.3. The first-order valence-corrected chi connectivity index (χ1v) is 21.2. The minimum atomic E-state index is -0.612. The Labute approximate surface area is 376 Å². The first-order valence-electron chi connectivity index (χ1n) is 20.2. The fraction of sp³-hybridized carbons (Fsp3) is 0.375. The molecule has 0 aliphatic heterocycles. The van der Waals surface area contributed by atoms with Crippen LogP contribution in [0.1, 0.15) is 78.4 Å². The number of hydrogen-bond donors (Lipinski definition) is 8. The zero-order valence-electron chi connectivity index (χ0n) is 36.7. The lowest BCUT2D eigenvalue weighted by Gasteiger charge is -2.10. The molecular weight excluding hydrogens is 865 g/mol. The van der Waals surface area contributed by atoms with Crippen LogP contribution in [0.2, 0.25) is 0 Å². The van der Waals surface area contributed by atoms with Gasteiger partial charge >= 0.3 is 0 Å². The summed E-state index contributed by atoms with van der Waals surface area (Å²) in [6.45, 7) is 1.55. The molecule has 346 valence electrons. The van der Waals surface area contributed by atoms with Crippen LogP contribution in [0.4, 0.5) is 23.1 Å². The van der Waals surface area contributed by atoms with Crippen LogP contribution in [0.25, 0.3) is 0 Å². The number of thiazole rings is 1. The maximum Gasteiger partial charge on any atom is 0.292 e. The van der Waals surface area contributed by atoms with E-state index in [0.29, 0.717) is 12.2 Å². The number of nitrogens with one attached hydrogen (secondary N) is 8. The molecule has 0 aliphatic rings. The number of carbonyl (C=O) groups is 8. The average molecular weight is 917 g/mol. The Morgan fingerprint density at radius 1 is 0.600 bits per heavy atom. The summed E-state index contributed by atoms with van der Waals surface area (Å²) in [5, 5.41) is 23.0. The van der Waals surface area contributed by atoms with Gasteiger partial charge in [-0.3, -0.25) is 38.4 Å². The van der Waals surface area contributed by atoms with Gasteiger partial charge in [0, 0.05) is 97.6 Å². The van der Waals surface area contributed by atoms with Crippen LogP contribution in [0.3, 0.4) is 0 Å². The molecule has 0 spiro atoms. The largest absolute Gasteiger partial charge is 0.356 e. The van der Waals surface area contributed by atoms with Gasteiger partial charge < -0.3 is 65.7 Å². The van der Waals surface area contributed by atoms with E-state index in [4.69, 9.17) is 0 Å². The van der Waals surface area contributed by atoms with E-state index in [-0.39, 0.29) is 91.0 Å². The van der Waals surface area contributed by atoms with E-state index in [2.05, 4.69) is 57.5 Å². The lowest BCUT2D eigenvalue weighted by molar-refractivity contribution is -0.121. The highest BCUT2D eigenvalue weighted by Gasteiger charge is 2.21. The Balaban J connectivity index is 1.02. The molecule has 5 rings (SSSR count). The fourth-order valence-corrected chi connectivity index (χ4v) is 6.68.